The molecule has 144 valence electrons. The Bertz CT molecular complexity index is 588. The summed E-state index contributed by atoms with van der Waals surface area (Å²) in [5.41, 5.74) is 2.67. The summed E-state index contributed by atoms with van der Waals surface area (Å²) in [4.78, 5) is 9.58. The molecule has 1 aliphatic heterocycles. The number of nitrogens with one attached hydrogen (secondary N) is 2. The van der Waals surface area contributed by atoms with E-state index in [1.807, 2.05) is 0 Å². The van der Waals surface area contributed by atoms with Gasteiger partial charge in [-0.2, -0.15) is 0 Å². The molecule has 26 heavy (non-hydrogen) atoms. The molecule has 0 aromatic heterocycles. The molecule has 2 N–H and O–H groups in total. The molecule has 2 rings (SSSR count). The molecule has 1 aromatic rings. The lowest BCUT2D eigenvalue weighted by atomic mass is 10.2. The van der Waals surface area contributed by atoms with Crippen LogP contribution < -0.4 is 15.5 Å². The predicted octanol–water partition coefficient (Wildman–Crippen LogP) is 2.31. The smallest absolute Gasteiger partial charge is 0.192 e. The first kappa shape index (κ1) is 22.6. The van der Waals surface area contributed by atoms with Crippen LogP contribution in [0.5, 0.6) is 0 Å². The summed E-state index contributed by atoms with van der Waals surface area (Å²) in [5.74, 6) is 3.38. The molecular weight excluding hydrogens is 437 g/mol. The van der Waals surface area contributed by atoms with Gasteiger partial charge in [-0.25, -0.2) is 0 Å². The van der Waals surface area contributed by atoms with E-state index in [9.17, 15) is 0 Å². The summed E-state index contributed by atoms with van der Waals surface area (Å²) in [6.07, 6.45) is 6.35. The second kappa shape index (κ2) is 12.8. The van der Waals surface area contributed by atoms with Gasteiger partial charge < -0.3 is 15.5 Å². The molecule has 6 heteroatoms. The number of guanidine groups is 1. The molecule has 5 nitrogen and oxygen atoms in total. The number of nitrogens with zero attached hydrogens (tertiary/aromatic N) is 3. The molecule has 1 fully saturated rings. The molecule has 0 saturated carbocycles. The molecule has 0 atom stereocenters. The first-order chi connectivity index (χ1) is 12.2. The number of hydrogen-bond acceptors (Lipinski definition) is 3. The van der Waals surface area contributed by atoms with Crippen LogP contribution in [0.25, 0.3) is 0 Å². The van der Waals surface area contributed by atoms with E-state index in [0.29, 0.717) is 6.54 Å². The average molecular weight is 469 g/mol. The maximum Gasteiger partial charge on any atom is 0.192 e. The van der Waals surface area contributed by atoms with Crippen molar-refractivity contribution in [2.24, 2.45) is 4.99 Å². The summed E-state index contributed by atoms with van der Waals surface area (Å²) >= 11 is 0. The summed E-state index contributed by atoms with van der Waals surface area (Å²) < 4.78 is 0. The van der Waals surface area contributed by atoms with E-state index in [4.69, 9.17) is 6.42 Å². The van der Waals surface area contributed by atoms with Gasteiger partial charge >= 0.3 is 0 Å². The lowest BCUT2D eigenvalue weighted by Gasteiger charge is -2.36. The molecule has 0 unspecified atom stereocenters. The number of piperazine rings is 1. The highest BCUT2D eigenvalue weighted by molar-refractivity contribution is 14.0. The fraction of sp³-hybridized carbons (Fsp3) is 0.550. The number of aliphatic imine (C=N–C) groups is 1. The Labute approximate surface area is 175 Å². The third kappa shape index (κ3) is 7.83. The largest absolute Gasteiger partial charge is 0.369 e. The molecule has 1 aliphatic rings. The molecule has 0 bridgehead atoms. The zero-order valence-corrected chi connectivity index (χ0v) is 18.3. The van der Waals surface area contributed by atoms with Crippen molar-refractivity contribution in [3.63, 3.8) is 0 Å². The summed E-state index contributed by atoms with van der Waals surface area (Å²) in [7, 11) is 0. The van der Waals surface area contributed by atoms with Gasteiger partial charge in [-0.05, 0) is 38.0 Å². The molecular formula is C20H32IN5. The molecule has 1 saturated heterocycles. The van der Waals surface area contributed by atoms with Gasteiger partial charge in [0.05, 0.1) is 6.54 Å². The van der Waals surface area contributed by atoms with Crippen molar-refractivity contribution in [1.29, 1.82) is 0 Å². The van der Waals surface area contributed by atoms with Crippen LogP contribution in [0.2, 0.25) is 0 Å². The molecule has 0 spiro atoms. The first-order valence-electron chi connectivity index (χ1n) is 9.22. The quantitative estimate of drug-likeness (QED) is 0.212. The summed E-state index contributed by atoms with van der Waals surface area (Å²) in [6.45, 7) is 11.9. The van der Waals surface area contributed by atoms with Crippen LogP contribution in [0.15, 0.2) is 29.3 Å². The van der Waals surface area contributed by atoms with Crippen LogP contribution in [0.3, 0.4) is 0 Å². The predicted molar refractivity (Wildman–Crippen MR) is 123 cm³/mol. The molecule has 1 heterocycles. The average Bonchev–Trinajstić information content (AvgIpc) is 2.63. The van der Waals surface area contributed by atoms with E-state index in [1.54, 1.807) is 0 Å². The number of terminal acetylenes is 1. The minimum atomic E-state index is 0. The highest BCUT2D eigenvalue weighted by atomic mass is 127. The van der Waals surface area contributed by atoms with Crippen LogP contribution in [0.4, 0.5) is 5.69 Å². The topological polar surface area (TPSA) is 42.9 Å². The highest BCUT2D eigenvalue weighted by Crippen LogP contribution is 2.17. The lowest BCUT2D eigenvalue weighted by Crippen LogP contribution is -2.46. The van der Waals surface area contributed by atoms with Gasteiger partial charge in [-0.1, -0.05) is 18.1 Å². The number of anilines is 1. The third-order valence-electron chi connectivity index (χ3n) is 4.34. The van der Waals surface area contributed by atoms with Gasteiger partial charge in [0.1, 0.15) is 0 Å². The first-order valence-corrected chi connectivity index (χ1v) is 9.22. The maximum absolute atomic E-state index is 5.28. The van der Waals surface area contributed by atoms with Gasteiger partial charge in [0.15, 0.2) is 5.96 Å². The summed E-state index contributed by atoms with van der Waals surface area (Å²) in [6, 6.07) is 8.78. The Hall–Kier alpha value is -1.46. The van der Waals surface area contributed by atoms with E-state index in [-0.39, 0.29) is 24.0 Å². The van der Waals surface area contributed by atoms with Crippen molar-refractivity contribution in [3.05, 3.63) is 29.8 Å². The lowest BCUT2D eigenvalue weighted by molar-refractivity contribution is 0.256. The van der Waals surface area contributed by atoms with E-state index in [0.717, 1.165) is 58.2 Å². The zero-order valence-electron chi connectivity index (χ0n) is 16.0. The Kier molecular flexibility index (Phi) is 11.1. The standard InChI is InChI=1S/C20H31N5.HI/c1-4-10-22-20(21-5-2)23-11-7-12-24-13-15-25(16-14-24)19-9-6-8-18(3)17-19;/h1,6,8-9,17H,5,7,10-16H2,2-3H3,(H2,21,22,23);1H. The normalized spacial score (nSPS) is 15.1. The molecule has 0 radical (unpaired) electrons. The van der Waals surface area contributed by atoms with Crippen molar-refractivity contribution < 1.29 is 0 Å². The van der Waals surface area contributed by atoms with Crippen LogP contribution in [-0.2, 0) is 0 Å². The Morgan fingerprint density at radius 2 is 2.00 bits per heavy atom. The van der Waals surface area contributed by atoms with Gasteiger partial charge in [-0.15, -0.1) is 30.4 Å². The van der Waals surface area contributed by atoms with E-state index >= 15 is 0 Å². The van der Waals surface area contributed by atoms with E-state index in [2.05, 4.69) is 69.5 Å². The number of halogens is 1. The van der Waals surface area contributed by atoms with Gasteiger partial charge in [0, 0.05) is 51.5 Å². The van der Waals surface area contributed by atoms with E-state index in [1.165, 1.54) is 11.3 Å². The third-order valence-corrected chi connectivity index (χ3v) is 4.34. The fourth-order valence-corrected chi connectivity index (χ4v) is 3.02. The fourth-order valence-electron chi connectivity index (χ4n) is 3.02. The number of benzene rings is 1. The molecule has 0 aliphatic carbocycles. The van der Waals surface area contributed by atoms with Gasteiger partial charge in [0.2, 0.25) is 0 Å². The monoisotopic (exact) mass is 469 g/mol. The molecule has 0 amide bonds. The van der Waals surface area contributed by atoms with Gasteiger partial charge in [0.25, 0.3) is 0 Å². The van der Waals surface area contributed by atoms with E-state index < -0.39 is 0 Å². The SMILES string of the molecule is C#CCNC(=NCCCN1CCN(c2cccc(C)c2)CC1)NCC.I. The van der Waals surface area contributed by atoms with Crippen LogP contribution in [-0.4, -0.2) is 63.2 Å². The Morgan fingerprint density at radius 3 is 2.65 bits per heavy atom. The number of aryl methyl sites for hydroxylation is 1. The van der Waals surface area contributed by atoms with Crippen molar-refractivity contribution in [2.75, 3.05) is 57.3 Å². The van der Waals surface area contributed by atoms with Crippen molar-refractivity contribution in [2.45, 2.75) is 20.3 Å². The zero-order chi connectivity index (χ0) is 17.9. The van der Waals surface area contributed by atoms with Crippen molar-refractivity contribution in [1.82, 2.24) is 15.5 Å². The minimum absolute atomic E-state index is 0. The number of hydrogen-bond donors (Lipinski definition) is 2. The minimum Gasteiger partial charge on any atom is -0.369 e. The Balaban J connectivity index is 0.00000338. The van der Waals surface area contributed by atoms with Crippen molar-refractivity contribution >= 4 is 35.6 Å². The highest BCUT2D eigenvalue weighted by Gasteiger charge is 2.16. The van der Waals surface area contributed by atoms with Crippen LogP contribution in [0, 0.1) is 19.3 Å². The summed E-state index contributed by atoms with van der Waals surface area (Å²) in [5, 5.41) is 6.33. The second-order valence-electron chi connectivity index (χ2n) is 6.34. The van der Waals surface area contributed by atoms with Crippen LogP contribution >= 0.6 is 24.0 Å². The van der Waals surface area contributed by atoms with Crippen molar-refractivity contribution in [3.8, 4) is 12.3 Å². The Morgan fingerprint density at radius 1 is 1.23 bits per heavy atom. The number of rotatable bonds is 7. The van der Waals surface area contributed by atoms with Crippen LogP contribution in [0.1, 0.15) is 18.9 Å². The second-order valence-corrected chi connectivity index (χ2v) is 6.34. The molecule has 1 aromatic carbocycles. The maximum atomic E-state index is 5.28. The van der Waals surface area contributed by atoms with Gasteiger partial charge in [-0.3, -0.25) is 9.89 Å².